The molecule has 0 rings (SSSR count). The van der Waals surface area contributed by atoms with Gasteiger partial charge in [0, 0.05) is 18.4 Å². The molecule has 15 heavy (non-hydrogen) atoms. The van der Waals surface area contributed by atoms with E-state index in [0.29, 0.717) is 12.0 Å². The van der Waals surface area contributed by atoms with E-state index in [1.807, 2.05) is 0 Å². The SMILES string of the molecule is C=C/C=C\C(=C/C)C(=O)CCCC(=O)O. The summed E-state index contributed by atoms with van der Waals surface area (Å²) in [5.74, 6) is -0.900. The molecule has 0 amide bonds. The molecule has 0 saturated carbocycles. The number of carboxylic acids is 1. The molecule has 0 aliphatic rings. The highest BCUT2D eigenvalue weighted by Gasteiger charge is 2.06. The van der Waals surface area contributed by atoms with Crippen molar-refractivity contribution in [3.63, 3.8) is 0 Å². The summed E-state index contributed by atoms with van der Waals surface area (Å²) in [7, 11) is 0. The predicted molar refractivity (Wildman–Crippen MR) is 59.6 cm³/mol. The van der Waals surface area contributed by atoms with Crippen LogP contribution in [0, 0.1) is 0 Å². The van der Waals surface area contributed by atoms with Gasteiger partial charge in [-0.15, -0.1) is 0 Å². The molecule has 0 fully saturated rings. The van der Waals surface area contributed by atoms with Crippen molar-refractivity contribution in [3.8, 4) is 0 Å². The van der Waals surface area contributed by atoms with Gasteiger partial charge < -0.3 is 5.11 Å². The lowest BCUT2D eigenvalue weighted by molar-refractivity contribution is -0.137. The number of carbonyl (C=O) groups is 2. The Morgan fingerprint density at radius 3 is 2.47 bits per heavy atom. The van der Waals surface area contributed by atoms with Crippen LogP contribution in [0.5, 0.6) is 0 Å². The number of Topliss-reactive ketones (excluding diaryl/α,β-unsaturated/α-hetero) is 1. The Kier molecular flexibility index (Phi) is 6.89. The van der Waals surface area contributed by atoms with E-state index >= 15 is 0 Å². The number of aliphatic carboxylic acids is 1. The van der Waals surface area contributed by atoms with Crippen molar-refractivity contribution in [2.75, 3.05) is 0 Å². The highest BCUT2D eigenvalue weighted by molar-refractivity contribution is 5.98. The molecule has 0 atom stereocenters. The van der Waals surface area contributed by atoms with Crippen molar-refractivity contribution in [2.24, 2.45) is 0 Å². The van der Waals surface area contributed by atoms with Gasteiger partial charge in [0.1, 0.15) is 0 Å². The fraction of sp³-hybridized carbons (Fsp3) is 0.333. The van der Waals surface area contributed by atoms with Crippen LogP contribution >= 0.6 is 0 Å². The highest BCUT2D eigenvalue weighted by Crippen LogP contribution is 2.06. The van der Waals surface area contributed by atoms with E-state index in [1.165, 1.54) is 0 Å². The number of hydrogen-bond acceptors (Lipinski definition) is 2. The van der Waals surface area contributed by atoms with Gasteiger partial charge in [0.05, 0.1) is 0 Å². The topological polar surface area (TPSA) is 54.4 Å². The second-order valence-corrected chi connectivity index (χ2v) is 3.01. The molecule has 0 aromatic carbocycles. The fourth-order valence-electron chi connectivity index (χ4n) is 1.07. The first kappa shape index (κ1) is 13.4. The molecule has 0 saturated heterocycles. The average molecular weight is 208 g/mol. The molecule has 0 heterocycles. The van der Waals surface area contributed by atoms with Crippen LogP contribution in [-0.4, -0.2) is 16.9 Å². The van der Waals surface area contributed by atoms with Gasteiger partial charge >= 0.3 is 5.97 Å². The molecule has 3 heteroatoms. The summed E-state index contributed by atoms with van der Waals surface area (Å²) >= 11 is 0. The average Bonchev–Trinajstić information content (AvgIpc) is 2.18. The zero-order valence-corrected chi connectivity index (χ0v) is 8.90. The maximum absolute atomic E-state index is 11.5. The Hall–Kier alpha value is -1.64. The van der Waals surface area contributed by atoms with Gasteiger partial charge in [-0.2, -0.15) is 0 Å². The van der Waals surface area contributed by atoms with Gasteiger partial charge in [0.25, 0.3) is 0 Å². The summed E-state index contributed by atoms with van der Waals surface area (Å²) < 4.78 is 0. The van der Waals surface area contributed by atoms with Gasteiger partial charge in [0.2, 0.25) is 0 Å². The van der Waals surface area contributed by atoms with Gasteiger partial charge in [0.15, 0.2) is 5.78 Å². The molecule has 0 spiro atoms. The van der Waals surface area contributed by atoms with E-state index in [1.54, 1.807) is 31.2 Å². The minimum Gasteiger partial charge on any atom is -0.481 e. The molecule has 0 aliphatic heterocycles. The summed E-state index contributed by atoms with van der Waals surface area (Å²) in [6.07, 6.45) is 7.35. The van der Waals surface area contributed by atoms with Gasteiger partial charge in [-0.3, -0.25) is 9.59 Å². The number of ketones is 1. The number of carbonyl (C=O) groups excluding carboxylic acids is 1. The second-order valence-electron chi connectivity index (χ2n) is 3.01. The number of hydrogen-bond donors (Lipinski definition) is 1. The Labute approximate surface area is 89.8 Å². The van der Waals surface area contributed by atoms with E-state index in [4.69, 9.17) is 5.11 Å². The molecule has 0 bridgehead atoms. The molecule has 0 radical (unpaired) electrons. The molecule has 0 aliphatic carbocycles. The first-order valence-corrected chi connectivity index (χ1v) is 4.82. The number of allylic oxidation sites excluding steroid dienone is 5. The molecule has 0 unspecified atom stereocenters. The predicted octanol–water partition coefficient (Wildman–Crippen LogP) is 2.50. The summed E-state index contributed by atoms with van der Waals surface area (Å²) in [4.78, 5) is 21.8. The van der Waals surface area contributed by atoms with Crippen molar-refractivity contribution in [2.45, 2.75) is 26.2 Å². The molecule has 1 N–H and O–H groups in total. The second kappa shape index (κ2) is 7.74. The maximum Gasteiger partial charge on any atom is 0.303 e. The molecular formula is C12H16O3. The quantitative estimate of drug-likeness (QED) is 0.516. The van der Waals surface area contributed by atoms with E-state index < -0.39 is 5.97 Å². The van der Waals surface area contributed by atoms with Crippen LogP contribution in [0.4, 0.5) is 0 Å². The molecular weight excluding hydrogens is 192 g/mol. The summed E-state index contributed by atoms with van der Waals surface area (Å²) in [6, 6.07) is 0. The van der Waals surface area contributed by atoms with Crippen LogP contribution in [0.1, 0.15) is 26.2 Å². The lowest BCUT2D eigenvalue weighted by Gasteiger charge is -1.99. The van der Waals surface area contributed by atoms with Gasteiger partial charge in [-0.1, -0.05) is 30.9 Å². The zero-order valence-electron chi connectivity index (χ0n) is 8.90. The van der Waals surface area contributed by atoms with Gasteiger partial charge in [-0.05, 0) is 13.3 Å². The van der Waals surface area contributed by atoms with Crippen LogP contribution in [0.2, 0.25) is 0 Å². The van der Waals surface area contributed by atoms with Crippen LogP contribution in [0.15, 0.2) is 36.5 Å². The van der Waals surface area contributed by atoms with E-state index in [-0.39, 0.29) is 18.6 Å². The van der Waals surface area contributed by atoms with Crippen LogP contribution < -0.4 is 0 Å². The third-order valence-electron chi connectivity index (χ3n) is 1.84. The third kappa shape index (κ3) is 6.43. The largest absolute Gasteiger partial charge is 0.481 e. The highest BCUT2D eigenvalue weighted by atomic mass is 16.4. The number of rotatable bonds is 7. The van der Waals surface area contributed by atoms with Crippen LogP contribution in [0.25, 0.3) is 0 Å². The molecule has 0 aromatic heterocycles. The minimum absolute atomic E-state index is 0.0307. The monoisotopic (exact) mass is 208 g/mol. The van der Waals surface area contributed by atoms with E-state index in [9.17, 15) is 9.59 Å². The Balaban J connectivity index is 4.12. The van der Waals surface area contributed by atoms with Crippen LogP contribution in [0.3, 0.4) is 0 Å². The summed E-state index contributed by atoms with van der Waals surface area (Å²) in [6.45, 7) is 5.28. The van der Waals surface area contributed by atoms with Gasteiger partial charge in [-0.25, -0.2) is 0 Å². The lowest BCUT2D eigenvalue weighted by atomic mass is 10.1. The van der Waals surface area contributed by atoms with Crippen molar-refractivity contribution in [1.29, 1.82) is 0 Å². The summed E-state index contributed by atoms with van der Waals surface area (Å²) in [5, 5.41) is 8.41. The Morgan fingerprint density at radius 2 is 2.00 bits per heavy atom. The number of carboxylic acid groups (broad SMARTS) is 1. The fourth-order valence-corrected chi connectivity index (χ4v) is 1.07. The first-order valence-electron chi connectivity index (χ1n) is 4.82. The normalized spacial score (nSPS) is 11.7. The van der Waals surface area contributed by atoms with Crippen LogP contribution in [-0.2, 0) is 9.59 Å². The molecule has 3 nitrogen and oxygen atoms in total. The maximum atomic E-state index is 11.5. The standard InChI is InChI=1S/C12H16O3/c1-3-5-7-10(4-2)11(13)8-6-9-12(14)15/h3-5,7H,1,6,8-9H2,2H3,(H,14,15)/b7-5-,10-4+. The third-order valence-corrected chi connectivity index (χ3v) is 1.84. The van der Waals surface area contributed by atoms with Crippen molar-refractivity contribution >= 4 is 11.8 Å². The Morgan fingerprint density at radius 1 is 1.33 bits per heavy atom. The first-order chi connectivity index (χ1) is 7.11. The van der Waals surface area contributed by atoms with E-state index in [2.05, 4.69) is 6.58 Å². The lowest BCUT2D eigenvalue weighted by Crippen LogP contribution is -2.02. The molecule has 82 valence electrons. The zero-order chi connectivity index (χ0) is 11.7. The Bertz CT molecular complexity index is 298. The van der Waals surface area contributed by atoms with Crippen molar-refractivity contribution in [1.82, 2.24) is 0 Å². The van der Waals surface area contributed by atoms with Crippen molar-refractivity contribution in [3.05, 3.63) is 36.5 Å². The van der Waals surface area contributed by atoms with E-state index in [0.717, 1.165) is 0 Å². The van der Waals surface area contributed by atoms with Crippen molar-refractivity contribution < 1.29 is 14.7 Å². The minimum atomic E-state index is -0.869. The molecule has 0 aromatic rings. The summed E-state index contributed by atoms with van der Waals surface area (Å²) in [5.41, 5.74) is 0.597. The smallest absolute Gasteiger partial charge is 0.303 e.